The fraction of sp³-hybridized carbons (Fsp3) is 0.381. The molecule has 0 radical (unpaired) electrons. The van der Waals surface area contributed by atoms with Crippen molar-refractivity contribution in [2.45, 2.75) is 50.0 Å². The zero-order chi connectivity index (χ0) is 18.7. The van der Waals surface area contributed by atoms with Crippen LogP contribution in [0.5, 0.6) is 11.5 Å². The second kappa shape index (κ2) is 8.14. The molecule has 0 fully saturated rings. The van der Waals surface area contributed by atoms with Crippen molar-refractivity contribution in [2.75, 3.05) is 0 Å². The molecule has 2 aromatic rings. The van der Waals surface area contributed by atoms with Crippen molar-refractivity contribution >= 4 is 17.7 Å². The first-order chi connectivity index (χ1) is 12.5. The molecule has 1 unspecified atom stereocenters. The van der Waals surface area contributed by atoms with Crippen molar-refractivity contribution in [2.24, 2.45) is 5.92 Å². The molecule has 0 saturated heterocycles. The predicted molar refractivity (Wildman–Crippen MR) is 105 cm³/mol. The zero-order valence-electron chi connectivity index (χ0n) is 15.1. The molecule has 0 aliphatic carbocycles. The Morgan fingerprint density at radius 1 is 1.23 bits per heavy atom. The summed E-state index contributed by atoms with van der Waals surface area (Å²) < 4.78 is 3.48. The van der Waals surface area contributed by atoms with Gasteiger partial charge in [0.15, 0.2) is 11.5 Å². The Bertz CT molecular complexity index is 778. The van der Waals surface area contributed by atoms with Crippen molar-refractivity contribution in [3.63, 3.8) is 0 Å². The number of ketones is 1. The lowest BCUT2D eigenvalue weighted by Crippen LogP contribution is -2.28. The zero-order valence-corrected chi connectivity index (χ0v) is 15.9. The van der Waals surface area contributed by atoms with Gasteiger partial charge < -0.3 is 10.2 Å². The van der Waals surface area contributed by atoms with Gasteiger partial charge in [-0.3, -0.25) is 9.52 Å². The number of benzene rings is 2. The fourth-order valence-electron chi connectivity index (χ4n) is 3.65. The molecule has 0 spiro atoms. The molecule has 2 aromatic carbocycles. The fourth-order valence-corrected chi connectivity index (χ4v) is 4.63. The van der Waals surface area contributed by atoms with Crippen LogP contribution in [-0.4, -0.2) is 22.0 Å². The summed E-state index contributed by atoms with van der Waals surface area (Å²) >= 11 is 1.47. The van der Waals surface area contributed by atoms with E-state index in [1.807, 2.05) is 18.2 Å². The molecule has 3 atom stereocenters. The molecule has 0 saturated carbocycles. The molecule has 1 aliphatic heterocycles. The van der Waals surface area contributed by atoms with Gasteiger partial charge in [-0.05, 0) is 61.4 Å². The first-order valence-corrected chi connectivity index (χ1v) is 9.84. The van der Waals surface area contributed by atoms with Gasteiger partial charge in [0.1, 0.15) is 5.78 Å². The summed E-state index contributed by atoms with van der Waals surface area (Å²) in [5, 5.41) is 19.9. The summed E-state index contributed by atoms with van der Waals surface area (Å²) in [7, 11) is 0. The van der Waals surface area contributed by atoms with E-state index in [1.165, 1.54) is 17.5 Å². The number of nitrogens with one attached hydrogen (secondary N) is 1. The highest BCUT2D eigenvalue weighted by Crippen LogP contribution is 2.43. The van der Waals surface area contributed by atoms with Crippen LogP contribution in [0.2, 0.25) is 0 Å². The van der Waals surface area contributed by atoms with Crippen LogP contribution in [-0.2, 0) is 4.79 Å². The standard InChI is InChI=1S/C21H25NO3S/c1-3-14(13(2)23)9-16-10-17(15-7-5-4-6-8-15)18-11-19(24)20(25)12-21(18)26-22-16/h4-8,11-12,14,16-17,22,24-25H,3,9-10H2,1-2H3/t14?,16-,17+/m1/s1. The minimum absolute atomic E-state index is 0.0486. The first-order valence-electron chi connectivity index (χ1n) is 9.03. The van der Waals surface area contributed by atoms with E-state index in [4.69, 9.17) is 0 Å². The van der Waals surface area contributed by atoms with E-state index in [9.17, 15) is 15.0 Å². The maximum atomic E-state index is 11.9. The van der Waals surface area contributed by atoms with Crippen molar-refractivity contribution in [1.82, 2.24) is 4.72 Å². The Kier molecular flexibility index (Phi) is 5.89. The molecule has 3 N–H and O–H groups in total. The predicted octanol–water partition coefficient (Wildman–Crippen LogP) is 4.60. The van der Waals surface area contributed by atoms with E-state index in [2.05, 4.69) is 23.8 Å². The van der Waals surface area contributed by atoms with Crippen LogP contribution in [0.25, 0.3) is 0 Å². The first kappa shape index (κ1) is 18.8. The SMILES string of the molecule is CCC(C[C@@H]1C[C@@H](c2ccccc2)c2cc(O)c(O)cc2SN1)C(C)=O. The Morgan fingerprint density at radius 3 is 2.58 bits per heavy atom. The summed E-state index contributed by atoms with van der Waals surface area (Å²) in [6.45, 7) is 3.72. The number of fused-ring (bicyclic) bond motifs is 1. The molecule has 4 nitrogen and oxygen atoms in total. The Balaban J connectivity index is 1.97. The van der Waals surface area contributed by atoms with Crippen molar-refractivity contribution in [3.05, 3.63) is 53.6 Å². The number of hydrogen-bond acceptors (Lipinski definition) is 5. The maximum absolute atomic E-state index is 11.9. The summed E-state index contributed by atoms with van der Waals surface area (Å²) in [5.41, 5.74) is 2.17. The van der Waals surface area contributed by atoms with Gasteiger partial charge in [0.2, 0.25) is 0 Å². The molecule has 0 aromatic heterocycles. The van der Waals surface area contributed by atoms with E-state index < -0.39 is 0 Å². The van der Waals surface area contributed by atoms with E-state index in [0.717, 1.165) is 29.7 Å². The van der Waals surface area contributed by atoms with Crippen LogP contribution in [0, 0.1) is 5.92 Å². The van der Waals surface area contributed by atoms with Crippen LogP contribution in [0.1, 0.15) is 50.2 Å². The highest BCUT2D eigenvalue weighted by atomic mass is 32.2. The van der Waals surface area contributed by atoms with E-state index >= 15 is 0 Å². The molecule has 1 aliphatic rings. The highest BCUT2D eigenvalue weighted by Gasteiger charge is 2.29. The average Bonchev–Trinajstić information content (AvgIpc) is 2.80. The Hall–Kier alpha value is -1.98. The number of carbonyl (C=O) groups excluding carboxylic acids is 1. The second-order valence-electron chi connectivity index (χ2n) is 6.95. The van der Waals surface area contributed by atoms with E-state index in [0.29, 0.717) is 0 Å². The average molecular weight is 372 g/mol. The number of phenolic OH excluding ortho intramolecular Hbond substituents is 2. The van der Waals surface area contributed by atoms with Gasteiger partial charge in [0.25, 0.3) is 0 Å². The molecule has 5 heteroatoms. The molecular formula is C21H25NO3S. The molecule has 138 valence electrons. The molecule has 3 rings (SSSR count). The molecule has 0 amide bonds. The summed E-state index contributed by atoms with van der Waals surface area (Å²) in [6.07, 6.45) is 2.45. The van der Waals surface area contributed by atoms with Gasteiger partial charge in [0.05, 0.1) is 0 Å². The van der Waals surface area contributed by atoms with Crippen molar-refractivity contribution in [3.8, 4) is 11.5 Å². The third-order valence-corrected chi connectivity index (χ3v) is 6.20. The van der Waals surface area contributed by atoms with Crippen molar-refractivity contribution < 1.29 is 15.0 Å². The van der Waals surface area contributed by atoms with Crippen LogP contribution in [0.4, 0.5) is 0 Å². The van der Waals surface area contributed by atoms with Gasteiger partial charge in [-0.25, -0.2) is 0 Å². The van der Waals surface area contributed by atoms with Crippen LogP contribution in [0.3, 0.4) is 0 Å². The monoisotopic (exact) mass is 371 g/mol. The summed E-state index contributed by atoms with van der Waals surface area (Å²) in [5.74, 6) is 0.159. The quantitative estimate of drug-likeness (QED) is 0.529. The lowest BCUT2D eigenvalue weighted by Gasteiger charge is -2.24. The topological polar surface area (TPSA) is 69.6 Å². The minimum Gasteiger partial charge on any atom is -0.504 e. The number of hydrogen-bond donors (Lipinski definition) is 3. The van der Waals surface area contributed by atoms with Gasteiger partial charge >= 0.3 is 0 Å². The second-order valence-corrected chi connectivity index (χ2v) is 7.83. The number of phenols is 2. The Labute approximate surface area is 158 Å². The minimum atomic E-state index is -0.113. The number of carbonyl (C=O) groups is 1. The van der Waals surface area contributed by atoms with Crippen LogP contribution in [0.15, 0.2) is 47.4 Å². The third-order valence-electron chi connectivity index (χ3n) is 5.18. The number of rotatable bonds is 5. The summed E-state index contributed by atoms with van der Waals surface area (Å²) in [4.78, 5) is 12.8. The lowest BCUT2D eigenvalue weighted by atomic mass is 9.83. The van der Waals surface area contributed by atoms with Gasteiger partial charge in [-0.1, -0.05) is 37.3 Å². The van der Waals surface area contributed by atoms with E-state index in [-0.39, 0.29) is 35.2 Å². The summed E-state index contributed by atoms with van der Waals surface area (Å²) in [6, 6.07) is 13.6. The molecular weight excluding hydrogens is 346 g/mol. The van der Waals surface area contributed by atoms with Gasteiger partial charge in [-0.2, -0.15) is 0 Å². The highest BCUT2D eigenvalue weighted by molar-refractivity contribution is 7.97. The number of aromatic hydroxyl groups is 2. The smallest absolute Gasteiger partial charge is 0.158 e. The van der Waals surface area contributed by atoms with Crippen molar-refractivity contribution in [1.29, 1.82) is 0 Å². The largest absolute Gasteiger partial charge is 0.504 e. The van der Waals surface area contributed by atoms with Gasteiger partial charge in [0, 0.05) is 22.8 Å². The molecule has 26 heavy (non-hydrogen) atoms. The van der Waals surface area contributed by atoms with Crippen LogP contribution < -0.4 is 4.72 Å². The van der Waals surface area contributed by atoms with Crippen LogP contribution >= 0.6 is 11.9 Å². The van der Waals surface area contributed by atoms with Gasteiger partial charge in [-0.15, -0.1) is 0 Å². The Morgan fingerprint density at radius 2 is 1.92 bits per heavy atom. The molecule has 0 bridgehead atoms. The molecule has 1 heterocycles. The third kappa shape index (κ3) is 4.05. The number of Topliss-reactive ketones (excluding diaryl/α,β-unsaturated/α-hetero) is 1. The normalized spacial score (nSPS) is 20.8. The lowest BCUT2D eigenvalue weighted by molar-refractivity contribution is -0.121. The maximum Gasteiger partial charge on any atom is 0.158 e. The van der Waals surface area contributed by atoms with E-state index in [1.54, 1.807) is 19.1 Å².